The van der Waals surface area contributed by atoms with Crippen LogP contribution >= 0.6 is 0 Å². The second kappa shape index (κ2) is 11.6. The fourth-order valence-electron chi connectivity index (χ4n) is 3.59. The first kappa shape index (κ1) is 26.6. The standard InChI is InChI=1S/C27H30FN5O3/c1-27(2,17-34)12-11-18-7-8-20-9-10-22(25(35)33(3)23(20)14-18)32-26(36)30-16-19(15-29)13-21-5-4-6-24(28)31-21/h4-8,14-16,22,34H,9-10,13,17,29H2,1-3H3,(H,32,36). The van der Waals surface area contributed by atoms with Crippen LogP contribution in [0.1, 0.15) is 37.1 Å². The fourth-order valence-corrected chi connectivity index (χ4v) is 3.59. The Kier molecular flexibility index (Phi) is 8.56. The number of fused-ring (bicyclic) bond motifs is 1. The molecule has 1 aromatic carbocycles. The van der Waals surface area contributed by atoms with Gasteiger partial charge in [-0.05, 0) is 68.3 Å². The number of pyridine rings is 1. The number of aliphatic hydroxyl groups is 1. The molecular weight excluding hydrogens is 461 g/mol. The van der Waals surface area contributed by atoms with Crippen LogP contribution in [0.2, 0.25) is 0 Å². The zero-order chi connectivity index (χ0) is 26.3. The minimum Gasteiger partial charge on any atom is -0.404 e. The summed E-state index contributed by atoms with van der Waals surface area (Å²) in [6.07, 6.45) is 3.74. The van der Waals surface area contributed by atoms with Gasteiger partial charge in [0.2, 0.25) is 11.9 Å². The zero-order valence-electron chi connectivity index (χ0n) is 20.6. The molecule has 1 aromatic heterocycles. The number of allylic oxidation sites excluding steroid dienone is 1. The van der Waals surface area contributed by atoms with E-state index in [9.17, 15) is 19.1 Å². The van der Waals surface area contributed by atoms with E-state index in [0.717, 1.165) is 16.8 Å². The Hall–Kier alpha value is -4.03. The molecule has 0 bridgehead atoms. The predicted molar refractivity (Wildman–Crippen MR) is 137 cm³/mol. The highest BCUT2D eigenvalue weighted by Crippen LogP contribution is 2.27. The Bertz CT molecular complexity index is 1260. The van der Waals surface area contributed by atoms with Crippen molar-refractivity contribution in [2.45, 2.75) is 39.2 Å². The summed E-state index contributed by atoms with van der Waals surface area (Å²) in [5.41, 5.74) is 8.43. The topological polar surface area (TPSA) is 121 Å². The third-order valence-electron chi connectivity index (χ3n) is 5.74. The van der Waals surface area contributed by atoms with E-state index in [4.69, 9.17) is 5.73 Å². The number of aliphatic imine (C=N–C) groups is 1. The van der Waals surface area contributed by atoms with Gasteiger partial charge in [-0.3, -0.25) is 4.79 Å². The number of halogens is 1. The van der Waals surface area contributed by atoms with E-state index in [1.165, 1.54) is 29.4 Å². The van der Waals surface area contributed by atoms with Gasteiger partial charge >= 0.3 is 6.03 Å². The molecule has 0 radical (unpaired) electrons. The zero-order valence-corrected chi connectivity index (χ0v) is 20.6. The minimum atomic E-state index is -0.759. The summed E-state index contributed by atoms with van der Waals surface area (Å²) < 4.78 is 13.3. The van der Waals surface area contributed by atoms with E-state index in [0.29, 0.717) is 24.1 Å². The van der Waals surface area contributed by atoms with E-state index in [1.807, 2.05) is 32.0 Å². The van der Waals surface area contributed by atoms with Gasteiger partial charge in [-0.25, -0.2) is 14.8 Å². The Labute approximate surface area is 210 Å². The first-order chi connectivity index (χ1) is 17.1. The molecule has 0 saturated heterocycles. The van der Waals surface area contributed by atoms with Crippen LogP contribution in [-0.2, 0) is 17.6 Å². The van der Waals surface area contributed by atoms with Crippen molar-refractivity contribution in [3.05, 3.63) is 70.9 Å². The number of nitrogens with zero attached hydrogens (tertiary/aromatic N) is 3. The summed E-state index contributed by atoms with van der Waals surface area (Å²) in [6, 6.07) is 8.63. The van der Waals surface area contributed by atoms with Gasteiger partial charge in [0.25, 0.3) is 0 Å². The second-order valence-corrected chi connectivity index (χ2v) is 9.20. The molecule has 1 atom stereocenters. The third kappa shape index (κ3) is 6.99. The number of benzene rings is 1. The lowest BCUT2D eigenvalue weighted by molar-refractivity contribution is -0.120. The van der Waals surface area contributed by atoms with Gasteiger partial charge in [0, 0.05) is 42.0 Å². The van der Waals surface area contributed by atoms with Crippen molar-refractivity contribution in [3.63, 3.8) is 0 Å². The Morgan fingerprint density at radius 3 is 2.86 bits per heavy atom. The first-order valence-corrected chi connectivity index (χ1v) is 11.5. The number of likely N-dealkylation sites (N-methyl/N-ethyl adjacent to an activating group) is 1. The molecule has 0 spiro atoms. The Balaban J connectivity index is 1.68. The predicted octanol–water partition coefficient (Wildman–Crippen LogP) is 2.73. The van der Waals surface area contributed by atoms with Gasteiger partial charge in [0.1, 0.15) is 6.04 Å². The number of hydrogen-bond donors (Lipinski definition) is 3. The monoisotopic (exact) mass is 491 g/mol. The number of aliphatic hydroxyl groups excluding tert-OH is 1. The molecular formula is C27H30FN5O3. The number of aromatic nitrogens is 1. The van der Waals surface area contributed by atoms with Crippen molar-refractivity contribution in [2.24, 2.45) is 16.1 Å². The van der Waals surface area contributed by atoms with Crippen LogP contribution in [-0.4, -0.2) is 47.9 Å². The summed E-state index contributed by atoms with van der Waals surface area (Å²) in [6.45, 7) is 3.64. The number of carbonyl (C=O) groups is 2. The van der Waals surface area contributed by atoms with Gasteiger partial charge < -0.3 is 21.1 Å². The van der Waals surface area contributed by atoms with E-state index in [2.05, 4.69) is 27.1 Å². The molecule has 188 valence electrons. The number of hydrogen-bond acceptors (Lipinski definition) is 5. The van der Waals surface area contributed by atoms with Crippen molar-refractivity contribution in [2.75, 3.05) is 18.6 Å². The van der Waals surface area contributed by atoms with Crippen LogP contribution in [0.3, 0.4) is 0 Å². The molecule has 2 aromatic rings. The normalized spacial score (nSPS) is 16.2. The lowest BCUT2D eigenvalue weighted by atomic mass is 9.95. The number of nitrogens with two attached hydrogens (primary N) is 1. The van der Waals surface area contributed by atoms with E-state index >= 15 is 0 Å². The van der Waals surface area contributed by atoms with Crippen LogP contribution in [0.15, 0.2) is 53.2 Å². The summed E-state index contributed by atoms with van der Waals surface area (Å²) >= 11 is 0. The lowest BCUT2D eigenvalue weighted by Crippen LogP contribution is -2.46. The number of aryl methyl sites for hydroxylation is 1. The number of amides is 3. The average Bonchev–Trinajstić information content (AvgIpc) is 2.97. The van der Waals surface area contributed by atoms with Gasteiger partial charge in [-0.15, -0.1) is 0 Å². The van der Waals surface area contributed by atoms with Crippen molar-refractivity contribution >= 4 is 23.8 Å². The first-order valence-electron chi connectivity index (χ1n) is 11.5. The maximum Gasteiger partial charge on any atom is 0.341 e. The molecule has 1 unspecified atom stereocenters. The third-order valence-corrected chi connectivity index (χ3v) is 5.74. The number of anilines is 1. The number of nitrogens with one attached hydrogen (secondary N) is 1. The van der Waals surface area contributed by atoms with Crippen molar-refractivity contribution in [3.8, 4) is 11.8 Å². The quantitative estimate of drug-likeness (QED) is 0.337. The Morgan fingerprint density at radius 1 is 1.39 bits per heavy atom. The molecule has 3 rings (SSSR count). The van der Waals surface area contributed by atoms with E-state index in [-0.39, 0.29) is 18.9 Å². The highest BCUT2D eigenvalue weighted by atomic mass is 19.1. The van der Waals surface area contributed by atoms with Crippen LogP contribution in [0, 0.1) is 23.2 Å². The van der Waals surface area contributed by atoms with Crippen molar-refractivity contribution in [1.29, 1.82) is 0 Å². The highest BCUT2D eigenvalue weighted by molar-refractivity contribution is 6.01. The summed E-state index contributed by atoms with van der Waals surface area (Å²) in [4.78, 5) is 34.7. The largest absolute Gasteiger partial charge is 0.404 e. The molecule has 9 heteroatoms. The molecule has 3 amide bonds. The van der Waals surface area contributed by atoms with E-state index in [1.54, 1.807) is 13.1 Å². The van der Waals surface area contributed by atoms with Gasteiger partial charge in [-0.1, -0.05) is 24.0 Å². The summed E-state index contributed by atoms with van der Waals surface area (Å²) in [5, 5.41) is 12.1. The molecule has 4 N–H and O–H groups in total. The van der Waals surface area contributed by atoms with Crippen molar-refractivity contribution in [1.82, 2.24) is 10.3 Å². The Morgan fingerprint density at radius 2 is 2.17 bits per heavy atom. The summed E-state index contributed by atoms with van der Waals surface area (Å²) in [5.74, 6) is 5.23. The highest BCUT2D eigenvalue weighted by Gasteiger charge is 2.29. The molecule has 1 aliphatic rings. The molecule has 1 aliphatic heterocycles. The number of urea groups is 1. The molecule has 36 heavy (non-hydrogen) atoms. The van der Waals surface area contributed by atoms with Gasteiger partial charge in [0.05, 0.1) is 6.61 Å². The lowest BCUT2D eigenvalue weighted by Gasteiger charge is -2.21. The summed E-state index contributed by atoms with van der Waals surface area (Å²) in [7, 11) is 1.66. The van der Waals surface area contributed by atoms with Crippen LogP contribution < -0.4 is 16.0 Å². The maximum atomic E-state index is 13.3. The van der Waals surface area contributed by atoms with Crippen LogP contribution in [0.5, 0.6) is 0 Å². The average molecular weight is 492 g/mol. The van der Waals surface area contributed by atoms with Gasteiger partial charge in [0.15, 0.2) is 0 Å². The molecule has 2 heterocycles. The van der Waals surface area contributed by atoms with Crippen LogP contribution in [0.4, 0.5) is 14.9 Å². The smallest absolute Gasteiger partial charge is 0.341 e. The van der Waals surface area contributed by atoms with E-state index < -0.39 is 23.4 Å². The SMILES string of the molecule is CN1C(=O)C(NC(=O)N=CC(=CN)Cc2cccc(F)n2)CCc2ccc(C#CC(C)(C)CO)cc21. The number of carbonyl (C=O) groups excluding carboxylic acids is 2. The van der Waals surface area contributed by atoms with Crippen LogP contribution in [0.25, 0.3) is 0 Å². The molecule has 0 aliphatic carbocycles. The number of rotatable bonds is 5. The van der Waals surface area contributed by atoms with Crippen molar-refractivity contribution < 1.29 is 19.1 Å². The molecule has 8 nitrogen and oxygen atoms in total. The minimum absolute atomic E-state index is 0.0581. The fraction of sp³-hybridized carbons (Fsp3) is 0.333. The van der Waals surface area contributed by atoms with Gasteiger partial charge in [-0.2, -0.15) is 4.39 Å². The second-order valence-electron chi connectivity index (χ2n) is 9.20. The molecule has 0 saturated carbocycles. The maximum absolute atomic E-state index is 13.3. The molecule has 0 fully saturated rings.